The van der Waals surface area contributed by atoms with Crippen molar-refractivity contribution in [3.8, 4) is 0 Å². The maximum absolute atomic E-state index is 12.0. The highest BCUT2D eigenvalue weighted by atomic mass is 32.2. The summed E-state index contributed by atoms with van der Waals surface area (Å²) >= 11 is 0. The Hall–Kier alpha value is -1.56. The number of anilines is 1. The number of hydrogen-bond donors (Lipinski definition) is 2. The third-order valence-corrected chi connectivity index (χ3v) is 4.11. The van der Waals surface area contributed by atoms with Crippen LogP contribution in [0.5, 0.6) is 0 Å². The normalized spacial score (nSPS) is 11.2. The molecule has 5 nitrogen and oxygen atoms in total. The van der Waals surface area contributed by atoms with E-state index in [1.807, 2.05) is 6.92 Å². The predicted molar refractivity (Wildman–Crippen MR) is 70.8 cm³/mol. The van der Waals surface area contributed by atoms with Crippen molar-refractivity contribution < 1.29 is 13.2 Å². The highest BCUT2D eigenvalue weighted by molar-refractivity contribution is 7.92. The largest absolute Gasteiger partial charge is 0.398 e. The van der Waals surface area contributed by atoms with E-state index in [0.717, 1.165) is 12.8 Å². The molecule has 0 unspecified atom stereocenters. The zero-order chi connectivity index (χ0) is 13.6. The summed E-state index contributed by atoms with van der Waals surface area (Å²) in [6.45, 7) is 2.49. The van der Waals surface area contributed by atoms with E-state index in [-0.39, 0.29) is 10.6 Å². The summed E-state index contributed by atoms with van der Waals surface area (Å²) in [7, 11) is -3.66. The fraction of sp³-hybridized carbons (Fsp3) is 0.417. The Balaban J connectivity index is 2.71. The van der Waals surface area contributed by atoms with Crippen molar-refractivity contribution in [1.82, 2.24) is 5.32 Å². The van der Waals surface area contributed by atoms with Crippen LogP contribution in [0.1, 0.15) is 19.8 Å². The Morgan fingerprint density at radius 1 is 1.33 bits per heavy atom. The first-order chi connectivity index (χ1) is 8.47. The molecule has 0 aliphatic heterocycles. The molecular weight excluding hydrogens is 252 g/mol. The van der Waals surface area contributed by atoms with Gasteiger partial charge in [-0.1, -0.05) is 25.5 Å². The number of benzene rings is 1. The molecule has 0 fully saturated rings. The number of hydrogen-bond acceptors (Lipinski definition) is 4. The lowest BCUT2D eigenvalue weighted by Gasteiger charge is -2.07. The molecule has 3 N–H and O–H groups in total. The van der Waals surface area contributed by atoms with Crippen molar-refractivity contribution in [1.29, 1.82) is 0 Å². The van der Waals surface area contributed by atoms with Crippen LogP contribution in [-0.4, -0.2) is 26.6 Å². The molecular formula is C12H18N2O3S. The number of nitrogens with one attached hydrogen (secondary N) is 1. The number of para-hydroxylation sites is 1. The second kappa shape index (κ2) is 6.39. The lowest BCUT2D eigenvalue weighted by Crippen LogP contribution is -2.31. The van der Waals surface area contributed by atoms with Crippen LogP contribution < -0.4 is 11.1 Å². The SMILES string of the molecule is CCCCNC(=O)CS(=O)(=O)c1ccccc1N. The Bertz CT molecular complexity index is 512. The van der Waals surface area contributed by atoms with Gasteiger partial charge < -0.3 is 11.1 Å². The zero-order valence-electron chi connectivity index (χ0n) is 10.3. The second-order valence-electron chi connectivity index (χ2n) is 4.00. The standard InChI is InChI=1S/C12H18N2O3S/c1-2-3-8-14-12(15)9-18(16,17)11-7-5-4-6-10(11)13/h4-7H,2-3,8-9,13H2,1H3,(H,14,15). The van der Waals surface area contributed by atoms with E-state index < -0.39 is 21.5 Å². The average Bonchev–Trinajstić information content (AvgIpc) is 2.29. The van der Waals surface area contributed by atoms with E-state index in [0.29, 0.717) is 6.54 Å². The molecule has 1 amide bonds. The summed E-state index contributed by atoms with van der Waals surface area (Å²) in [4.78, 5) is 11.5. The number of amides is 1. The third-order valence-electron chi connectivity index (χ3n) is 2.43. The smallest absolute Gasteiger partial charge is 0.235 e. The van der Waals surface area contributed by atoms with Gasteiger partial charge in [0.25, 0.3) is 0 Å². The minimum atomic E-state index is -3.66. The van der Waals surface area contributed by atoms with Crippen molar-refractivity contribution in [2.45, 2.75) is 24.7 Å². The van der Waals surface area contributed by atoms with Crippen LogP contribution in [-0.2, 0) is 14.6 Å². The lowest BCUT2D eigenvalue weighted by atomic mass is 10.3. The van der Waals surface area contributed by atoms with E-state index in [1.54, 1.807) is 12.1 Å². The Morgan fingerprint density at radius 2 is 2.00 bits per heavy atom. The van der Waals surface area contributed by atoms with Gasteiger partial charge in [0.2, 0.25) is 5.91 Å². The first kappa shape index (κ1) is 14.5. The summed E-state index contributed by atoms with van der Waals surface area (Å²) in [5, 5.41) is 2.57. The van der Waals surface area contributed by atoms with Gasteiger partial charge in [0.05, 0.1) is 10.6 Å². The molecule has 0 radical (unpaired) electrons. The number of rotatable bonds is 6. The zero-order valence-corrected chi connectivity index (χ0v) is 11.2. The molecule has 100 valence electrons. The molecule has 1 rings (SSSR count). The second-order valence-corrected chi connectivity index (χ2v) is 5.96. The number of unbranched alkanes of at least 4 members (excludes halogenated alkanes) is 1. The van der Waals surface area contributed by atoms with Gasteiger partial charge >= 0.3 is 0 Å². The molecule has 18 heavy (non-hydrogen) atoms. The molecule has 0 spiro atoms. The van der Waals surface area contributed by atoms with Crippen LogP contribution in [0.25, 0.3) is 0 Å². The summed E-state index contributed by atoms with van der Waals surface area (Å²) in [6.07, 6.45) is 1.78. The van der Waals surface area contributed by atoms with Crippen LogP contribution in [0.15, 0.2) is 29.2 Å². The number of nitrogen functional groups attached to an aromatic ring is 1. The van der Waals surface area contributed by atoms with Crippen molar-refractivity contribution in [3.05, 3.63) is 24.3 Å². The fourth-order valence-corrected chi connectivity index (χ4v) is 2.79. The number of carbonyl (C=O) groups excluding carboxylic acids is 1. The molecule has 0 heterocycles. The quantitative estimate of drug-likeness (QED) is 0.595. The molecule has 0 saturated carbocycles. The van der Waals surface area contributed by atoms with Gasteiger partial charge in [-0.15, -0.1) is 0 Å². The fourth-order valence-electron chi connectivity index (χ4n) is 1.47. The van der Waals surface area contributed by atoms with E-state index in [4.69, 9.17) is 5.73 Å². The van der Waals surface area contributed by atoms with Crippen LogP contribution in [0, 0.1) is 0 Å². The molecule has 6 heteroatoms. The summed E-state index contributed by atoms with van der Waals surface area (Å²) in [6, 6.07) is 6.14. The van der Waals surface area contributed by atoms with Crippen LogP contribution in [0.3, 0.4) is 0 Å². The Labute approximate surface area is 107 Å². The van der Waals surface area contributed by atoms with Crippen molar-refractivity contribution in [3.63, 3.8) is 0 Å². The summed E-state index contributed by atoms with van der Waals surface area (Å²) in [5.41, 5.74) is 5.76. The maximum atomic E-state index is 12.0. The van der Waals surface area contributed by atoms with Gasteiger partial charge in [-0.2, -0.15) is 0 Å². The number of nitrogens with two attached hydrogens (primary N) is 1. The van der Waals surface area contributed by atoms with Gasteiger partial charge in [0.1, 0.15) is 5.75 Å². The van der Waals surface area contributed by atoms with Gasteiger partial charge in [-0.3, -0.25) is 4.79 Å². The summed E-state index contributed by atoms with van der Waals surface area (Å²) < 4.78 is 23.9. The molecule has 0 saturated heterocycles. The van der Waals surface area contributed by atoms with Crippen LogP contribution in [0.2, 0.25) is 0 Å². The van der Waals surface area contributed by atoms with E-state index >= 15 is 0 Å². The highest BCUT2D eigenvalue weighted by Gasteiger charge is 2.20. The van der Waals surface area contributed by atoms with Crippen LogP contribution in [0.4, 0.5) is 5.69 Å². The van der Waals surface area contributed by atoms with Crippen molar-refractivity contribution >= 4 is 21.4 Å². The number of carbonyl (C=O) groups is 1. The van der Waals surface area contributed by atoms with E-state index in [2.05, 4.69) is 5.32 Å². The van der Waals surface area contributed by atoms with Gasteiger partial charge in [-0.05, 0) is 18.6 Å². The van der Waals surface area contributed by atoms with Crippen LogP contribution >= 0.6 is 0 Å². The van der Waals surface area contributed by atoms with Crippen molar-refractivity contribution in [2.75, 3.05) is 18.0 Å². The van der Waals surface area contributed by atoms with Crippen molar-refractivity contribution in [2.24, 2.45) is 0 Å². The lowest BCUT2D eigenvalue weighted by molar-refractivity contribution is -0.118. The Kier molecular flexibility index (Phi) is 5.15. The Morgan fingerprint density at radius 3 is 2.61 bits per heavy atom. The first-order valence-corrected chi connectivity index (χ1v) is 7.46. The van der Waals surface area contributed by atoms with Gasteiger partial charge in [-0.25, -0.2) is 8.42 Å². The highest BCUT2D eigenvalue weighted by Crippen LogP contribution is 2.18. The molecule has 0 atom stereocenters. The third kappa shape index (κ3) is 4.03. The molecule has 0 bridgehead atoms. The molecule has 0 aliphatic carbocycles. The topological polar surface area (TPSA) is 89.3 Å². The molecule has 1 aromatic carbocycles. The van der Waals surface area contributed by atoms with E-state index in [9.17, 15) is 13.2 Å². The minimum absolute atomic E-state index is 0.00985. The van der Waals surface area contributed by atoms with Gasteiger partial charge in [0.15, 0.2) is 9.84 Å². The predicted octanol–water partition coefficient (Wildman–Crippen LogP) is 0.959. The first-order valence-electron chi connectivity index (χ1n) is 5.81. The average molecular weight is 270 g/mol. The monoisotopic (exact) mass is 270 g/mol. The minimum Gasteiger partial charge on any atom is -0.398 e. The summed E-state index contributed by atoms with van der Waals surface area (Å²) in [5.74, 6) is -1.06. The molecule has 0 aliphatic rings. The van der Waals surface area contributed by atoms with Gasteiger partial charge in [0, 0.05) is 6.54 Å². The van der Waals surface area contributed by atoms with E-state index in [1.165, 1.54) is 12.1 Å². The number of sulfone groups is 1. The molecule has 0 aromatic heterocycles. The molecule has 1 aromatic rings. The maximum Gasteiger partial charge on any atom is 0.235 e.